The summed E-state index contributed by atoms with van der Waals surface area (Å²) in [6.07, 6.45) is 2.92. The van der Waals surface area contributed by atoms with Gasteiger partial charge >= 0.3 is 0 Å². The molecule has 2 aromatic rings. The number of rotatable bonds is 2. The Morgan fingerprint density at radius 3 is 2.80 bits per heavy atom. The number of hydrogen-bond donors (Lipinski definition) is 0. The maximum Gasteiger partial charge on any atom is 0.222 e. The first-order valence-corrected chi connectivity index (χ1v) is 4.94. The molecule has 15 heavy (non-hydrogen) atoms. The van der Waals surface area contributed by atoms with Crippen molar-refractivity contribution >= 4 is 15.9 Å². The molecule has 0 aliphatic heterocycles. The Morgan fingerprint density at radius 2 is 2.13 bits per heavy atom. The molecule has 0 spiro atoms. The van der Waals surface area contributed by atoms with Crippen molar-refractivity contribution in [3.8, 4) is 11.6 Å². The molecule has 0 amide bonds. The minimum atomic E-state index is -0.374. The van der Waals surface area contributed by atoms with Gasteiger partial charge in [-0.1, -0.05) is 0 Å². The molecule has 0 saturated heterocycles. The zero-order valence-corrected chi connectivity index (χ0v) is 9.11. The van der Waals surface area contributed by atoms with Gasteiger partial charge in [-0.3, -0.25) is 0 Å². The molecule has 0 radical (unpaired) electrons. The maximum absolute atomic E-state index is 13.1. The van der Waals surface area contributed by atoms with Gasteiger partial charge in [0, 0.05) is 18.3 Å². The number of benzene rings is 1. The fourth-order valence-electron chi connectivity index (χ4n) is 1.00. The number of aromatic nitrogens is 2. The highest BCUT2D eigenvalue weighted by molar-refractivity contribution is 9.10. The first kappa shape index (κ1) is 10.0. The summed E-state index contributed by atoms with van der Waals surface area (Å²) < 4.78 is 18.8. The Bertz CT molecular complexity index is 464. The topological polar surface area (TPSA) is 35.0 Å². The molecule has 0 aliphatic rings. The predicted octanol–water partition coefficient (Wildman–Crippen LogP) is 3.17. The van der Waals surface area contributed by atoms with Crippen LogP contribution in [0.15, 0.2) is 41.3 Å². The van der Waals surface area contributed by atoms with Gasteiger partial charge in [0.05, 0.1) is 4.47 Å². The summed E-state index contributed by atoms with van der Waals surface area (Å²) in [4.78, 5) is 7.60. The average Bonchev–Trinajstić information content (AvgIpc) is 2.25. The first-order valence-electron chi connectivity index (χ1n) is 4.14. The molecule has 5 heteroatoms. The van der Waals surface area contributed by atoms with E-state index in [0.29, 0.717) is 16.1 Å². The Kier molecular flexibility index (Phi) is 2.91. The molecule has 0 bridgehead atoms. The van der Waals surface area contributed by atoms with E-state index < -0.39 is 0 Å². The molecule has 0 unspecified atom stereocenters. The van der Waals surface area contributed by atoms with E-state index in [0.717, 1.165) is 0 Å². The Balaban J connectivity index is 2.22. The second kappa shape index (κ2) is 4.35. The quantitative estimate of drug-likeness (QED) is 0.839. The van der Waals surface area contributed by atoms with Gasteiger partial charge in [0.1, 0.15) is 17.9 Å². The molecule has 1 aromatic carbocycles. The minimum absolute atomic E-state index is 0.374. The third-order valence-corrected chi connectivity index (χ3v) is 2.31. The van der Waals surface area contributed by atoms with Crippen molar-refractivity contribution in [1.29, 1.82) is 0 Å². The molecule has 2 rings (SSSR count). The van der Waals surface area contributed by atoms with Crippen LogP contribution in [-0.2, 0) is 0 Å². The van der Waals surface area contributed by atoms with Gasteiger partial charge in [0.2, 0.25) is 5.88 Å². The van der Waals surface area contributed by atoms with Crippen molar-refractivity contribution in [2.45, 2.75) is 0 Å². The van der Waals surface area contributed by atoms with Gasteiger partial charge in [-0.25, -0.2) is 14.4 Å². The molecule has 1 aromatic heterocycles. The summed E-state index contributed by atoms with van der Waals surface area (Å²) in [6, 6.07) is 6.10. The molecule has 0 N–H and O–H groups in total. The second-order valence-electron chi connectivity index (χ2n) is 2.73. The summed E-state index contributed by atoms with van der Waals surface area (Å²) in [5.74, 6) is 0.405. The molecule has 0 atom stereocenters. The lowest BCUT2D eigenvalue weighted by atomic mass is 10.3. The zero-order valence-electron chi connectivity index (χ0n) is 7.52. The first-order chi connectivity index (χ1) is 7.25. The van der Waals surface area contributed by atoms with Crippen LogP contribution in [0.4, 0.5) is 4.39 Å². The highest BCUT2D eigenvalue weighted by Crippen LogP contribution is 2.24. The van der Waals surface area contributed by atoms with Gasteiger partial charge in [0.25, 0.3) is 0 Å². The number of hydrogen-bond acceptors (Lipinski definition) is 3. The summed E-state index contributed by atoms with van der Waals surface area (Å²) in [5.41, 5.74) is 0. The van der Waals surface area contributed by atoms with Crippen LogP contribution in [0.3, 0.4) is 0 Å². The van der Waals surface area contributed by atoms with E-state index in [1.54, 1.807) is 24.4 Å². The largest absolute Gasteiger partial charge is 0.439 e. The Hall–Kier alpha value is -1.49. The van der Waals surface area contributed by atoms with Crippen LogP contribution in [0.25, 0.3) is 0 Å². The van der Waals surface area contributed by atoms with Crippen LogP contribution >= 0.6 is 15.9 Å². The van der Waals surface area contributed by atoms with Crippen molar-refractivity contribution in [1.82, 2.24) is 9.97 Å². The zero-order chi connectivity index (χ0) is 10.7. The fourth-order valence-corrected chi connectivity index (χ4v) is 1.25. The highest BCUT2D eigenvalue weighted by atomic mass is 79.9. The molecule has 0 aliphatic carbocycles. The van der Waals surface area contributed by atoms with Gasteiger partial charge in [-0.05, 0) is 28.1 Å². The Labute approximate surface area is 94.1 Å². The molecular weight excluding hydrogens is 263 g/mol. The van der Waals surface area contributed by atoms with E-state index in [-0.39, 0.29) is 5.82 Å². The average molecular weight is 269 g/mol. The smallest absolute Gasteiger partial charge is 0.222 e. The molecule has 0 fully saturated rings. The monoisotopic (exact) mass is 268 g/mol. The van der Waals surface area contributed by atoms with Gasteiger partial charge in [0.15, 0.2) is 0 Å². The minimum Gasteiger partial charge on any atom is -0.439 e. The number of ether oxygens (including phenoxy) is 1. The fraction of sp³-hybridized carbons (Fsp3) is 0. The molecule has 0 saturated carbocycles. The number of halogens is 2. The van der Waals surface area contributed by atoms with Crippen LogP contribution in [0.2, 0.25) is 0 Å². The number of nitrogens with zero attached hydrogens (tertiary/aromatic N) is 2. The van der Waals surface area contributed by atoms with Gasteiger partial charge in [-0.15, -0.1) is 0 Å². The van der Waals surface area contributed by atoms with Gasteiger partial charge in [-0.2, -0.15) is 0 Å². The van der Waals surface area contributed by atoms with Crippen LogP contribution < -0.4 is 4.74 Å². The molecule has 3 nitrogen and oxygen atoms in total. The van der Waals surface area contributed by atoms with E-state index in [2.05, 4.69) is 25.9 Å². The van der Waals surface area contributed by atoms with Crippen LogP contribution in [-0.4, -0.2) is 9.97 Å². The lowest BCUT2D eigenvalue weighted by molar-refractivity contribution is 0.456. The molecule has 1 heterocycles. The van der Waals surface area contributed by atoms with Crippen LogP contribution in [0.5, 0.6) is 11.6 Å². The standard InChI is InChI=1S/C10H6BrFN2O/c11-8-2-1-7(5-9(8)12)15-10-3-4-13-6-14-10/h1-6H. The van der Waals surface area contributed by atoms with Crippen molar-refractivity contribution in [3.63, 3.8) is 0 Å². The van der Waals surface area contributed by atoms with Crippen molar-refractivity contribution < 1.29 is 9.13 Å². The van der Waals surface area contributed by atoms with E-state index in [4.69, 9.17) is 4.74 Å². The molecular formula is C10H6BrFN2O. The predicted molar refractivity (Wildman–Crippen MR) is 56.2 cm³/mol. The lowest BCUT2D eigenvalue weighted by Crippen LogP contribution is -1.88. The van der Waals surface area contributed by atoms with Gasteiger partial charge < -0.3 is 4.74 Å². The van der Waals surface area contributed by atoms with Crippen LogP contribution in [0, 0.1) is 5.82 Å². The third kappa shape index (κ3) is 2.50. The Morgan fingerprint density at radius 1 is 1.27 bits per heavy atom. The summed E-state index contributed by atoms with van der Waals surface area (Å²) in [6.45, 7) is 0. The van der Waals surface area contributed by atoms with Crippen molar-refractivity contribution in [3.05, 3.63) is 47.1 Å². The van der Waals surface area contributed by atoms with Crippen LogP contribution in [0.1, 0.15) is 0 Å². The normalized spacial score (nSPS) is 10.0. The van der Waals surface area contributed by atoms with E-state index in [1.807, 2.05) is 0 Å². The third-order valence-electron chi connectivity index (χ3n) is 1.67. The second-order valence-corrected chi connectivity index (χ2v) is 3.58. The summed E-state index contributed by atoms with van der Waals surface area (Å²) >= 11 is 3.06. The maximum atomic E-state index is 13.1. The summed E-state index contributed by atoms with van der Waals surface area (Å²) in [5, 5.41) is 0. The van der Waals surface area contributed by atoms with E-state index in [1.165, 1.54) is 12.4 Å². The SMILES string of the molecule is Fc1cc(Oc2ccncn2)ccc1Br. The summed E-state index contributed by atoms with van der Waals surface area (Å²) in [7, 11) is 0. The molecule has 76 valence electrons. The highest BCUT2D eigenvalue weighted by Gasteiger charge is 2.02. The van der Waals surface area contributed by atoms with E-state index >= 15 is 0 Å². The van der Waals surface area contributed by atoms with Crippen molar-refractivity contribution in [2.75, 3.05) is 0 Å². The van der Waals surface area contributed by atoms with Crippen molar-refractivity contribution in [2.24, 2.45) is 0 Å². The van der Waals surface area contributed by atoms with E-state index in [9.17, 15) is 4.39 Å². The lowest BCUT2D eigenvalue weighted by Gasteiger charge is -2.04.